The Bertz CT molecular complexity index is 742. The molecule has 0 saturated carbocycles. The van der Waals surface area contributed by atoms with Gasteiger partial charge in [0.05, 0.1) is 14.2 Å². The predicted molar refractivity (Wildman–Crippen MR) is 90.7 cm³/mol. The highest BCUT2D eigenvalue weighted by molar-refractivity contribution is 6.06. The molecule has 4 nitrogen and oxygen atoms in total. The first kappa shape index (κ1) is 18.4. The number of allylic oxidation sites excluding steroid dienone is 1. The van der Waals surface area contributed by atoms with Gasteiger partial charge in [0.25, 0.3) is 0 Å². The number of methoxy groups -OCH3 is 2. The first-order chi connectivity index (χ1) is 11.9. The summed E-state index contributed by atoms with van der Waals surface area (Å²) in [6.45, 7) is -1.07. The molecule has 2 aromatic carbocycles. The average Bonchev–Trinajstić information content (AvgIpc) is 2.60. The summed E-state index contributed by atoms with van der Waals surface area (Å²) in [5.41, 5.74) is 2.17. The molecule has 0 spiro atoms. The van der Waals surface area contributed by atoms with E-state index in [0.29, 0.717) is 11.1 Å². The normalized spacial score (nSPS) is 11.0. The Hall–Kier alpha value is -2.89. The van der Waals surface area contributed by atoms with Gasteiger partial charge >= 0.3 is 6.61 Å². The lowest BCUT2D eigenvalue weighted by atomic mass is 10.1. The van der Waals surface area contributed by atoms with Gasteiger partial charge in [0, 0.05) is 5.56 Å². The topological polar surface area (TPSA) is 44.8 Å². The van der Waals surface area contributed by atoms with Crippen LogP contribution >= 0.6 is 0 Å². The highest BCUT2D eigenvalue weighted by Crippen LogP contribution is 2.39. The summed E-state index contributed by atoms with van der Waals surface area (Å²) in [5, 5.41) is 0. The SMILES string of the molecule is COc1cc(/C=C/C(=O)c2ccc(C)cc2)cc(OC)c1OC(F)F. The fourth-order valence-electron chi connectivity index (χ4n) is 2.19. The predicted octanol–water partition coefficient (Wildman–Crippen LogP) is 4.51. The number of ketones is 1. The molecule has 25 heavy (non-hydrogen) atoms. The molecule has 0 aliphatic rings. The summed E-state index contributed by atoms with van der Waals surface area (Å²) >= 11 is 0. The number of rotatable bonds is 7. The number of benzene rings is 2. The molecule has 2 rings (SSSR count). The Labute approximate surface area is 144 Å². The lowest BCUT2D eigenvalue weighted by Gasteiger charge is -2.14. The van der Waals surface area contributed by atoms with E-state index in [-0.39, 0.29) is 23.0 Å². The zero-order chi connectivity index (χ0) is 18.4. The van der Waals surface area contributed by atoms with Crippen molar-refractivity contribution in [2.24, 2.45) is 0 Å². The minimum atomic E-state index is -3.01. The van der Waals surface area contributed by atoms with Crippen molar-refractivity contribution in [2.75, 3.05) is 14.2 Å². The maximum Gasteiger partial charge on any atom is 0.387 e. The second kappa shape index (κ2) is 8.28. The quantitative estimate of drug-likeness (QED) is 0.545. The summed E-state index contributed by atoms with van der Waals surface area (Å²) < 4.78 is 39.7. The smallest absolute Gasteiger partial charge is 0.387 e. The number of carbonyl (C=O) groups excluding carboxylic acids is 1. The van der Waals surface area contributed by atoms with E-state index in [1.165, 1.54) is 32.4 Å². The monoisotopic (exact) mass is 348 g/mol. The van der Waals surface area contributed by atoms with E-state index in [0.717, 1.165) is 5.56 Å². The largest absolute Gasteiger partial charge is 0.493 e. The van der Waals surface area contributed by atoms with Crippen LogP contribution in [0.5, 0.6) is 17.2 Å². The molecule has 0 radical (unpaired) electrons. The van der Waals surface area contributed by atoms with E-state index in [4.69, 9.17) is 9.47 Å². The van der Waals surface area contributed by atoms with Crippen LogP contribution < -0.4 is 14.2 Å². The van der Waals surface area contributed by atoms with Gasteiger partial charge in [0.15, 0.2) is 17.3 Å². The first-order valence-corrected chi connectivity index (χ1v) is 7.44. The van der Waals surface area contributed by atoms with E-state index >= 15 is 0 Å². The molecular formula is C19H18F2O4. The van der Waals surface area contributed by atoms with Crippen LogP contribution in [-0.2, 0) is 0 Å². The van der Waals surface area contributed by atoms with Crippen molar-refractivity contribution in [3.05, 3.63) is 59.2 Å². The van der Waals surface area contributed by atoms with Crippen molar-refractivity contribution in [2.45, 2.75) is 13.5 Å². The fourth-order valence-corrected chi connectivity index (χ4v) is 2.19. The Morgan fingerprint density at radius 1 is 1.04 bits per heavy atom. The molecule has 0 aromatic heterocycles. The molecular weight excluding hydrogens is 330 g/mol. The number of aryl methyl sites for hydroxylation is 1. The molecule has 0 atom stereocenters. The molecule has 0 N–H and O–H groups in total. The number of ether oxygens (including phenoxy) is 3. The van der Waals surface area contributed by atoms with Crippen molar-refractivity contribution < 1.29 is 27.8 Å². The maximum absolute atomic E-state index is 12.5. The highest BCUT2D eigenvalue weighted by Gasteiger charge is 2.17. The number of halogens is 2. The third kappa shape index (κ3) is 4.79. The van der Waals surface area contributed by atoms with Gasteiger partial charge in [-0.05, 0) is 30.7 Å². The zero-order valence-corrected chi connectivity index (χ0v) is 14.1. The molecule has 0 aliphatic heterocycles. The standard InChI is InChI=1S/C19H18F2O4/c1-12-4-7-14(8-5-12)15(22)9-6-13-10-16(23-2)18(25-19(20)21)17(11-13)24-3/h4-11,19H,1-3H3/b9-6+. The van der Waals surface area contributed by atoms with Gasteiger partial charge in [-0.1, -0.05) is 35.9 Å². The highest BCUT2D eigenvalue weighted by atomic mass is 19.3. The molecule has 2 aromatic rings. The maximum atomic E-state index is 12.5. The van der Waals surface area contributed by atoms with Crippen molar-refractivity contribution in [1.29, 1.82) is 0 Å². The molecule has 132 valence electrons. The fraction of sp³-hybridized carbons (Fsp3) is 0.211. The van der Waals surface area contributed by atoms with Gasteiger partial charge in [0.2, 0.25) is 5.75 Å². The number of alkyl halides is 2. The summed E-state index contributed by atoms with van der Waals surface area (Å²) in [5.74, 6) is -0.197. The molecule has 0 amide bonds. The summed E-state index contributed by atoms with van der Waals surface area (Å²) in [6, 6.07) is 10.1. The minimum Gasteiger partial charge on any atom is -0.493 e. The third-order valence-corrected chi connectivity index (χ3v) is 3.45. The van der Waals surface area contributed by atoms with Gasteiger partial charge in [-0.3, -0.25) is 4.79 Å². The lowest BCUT2D eigenvalue weighted by Crippen LogP contribution is -2.05. The molecule has 0 fully saturated rings. The van der Waals surface area contributed by atoms with Crippen molar-refractivity contribution in [3.8, 4) is 17.2 Å². The Kier molecular flexibility index (Phi) is 6.11. The van der Waals surface area contributed by atoms with Crippen molar-refractivity contribution >= 4 is 11.9 Å². The molecule has 0 heterocycles. The number of hydrogen-bond donors (Lipinski definition) is 0. The van der Waals surface area contributed by atoms with E-state index in [1.807, 2.05) is 19.1 Å². The Morgan fingerprint density at radius 3 is 2.08 bits per heavy atom. The minimum absolute atomic E-state index is 0.0853. The van der Waals surface area contributed by atoms with Gasteiger partial charge < -0.3 is 14.2 Å². The molecule has 0 aliphatic carbocycles. The number of carbonyl (C=O) groups is 1. The van der Waals surface area contributed by atoms with Gasteiger partial charge in [0.1, 0.15) is 0 Å². The molecule has 0 unspecified atom stereocenters. The van der Waals surface area contributed by atoms with Gasteiger partial charge in [-0.15, -0.1) is 0 Å². The van der Waals surface area contributed by atoms with Crippen LogP contribution in [0.25, 0.3) is 6.08 Å². The second-order valence-electron chi connectivity index (χ2n) is 5.20. The van der Waals surface area contributed by atoms with Gasteiger partial charge in [-0.25, -0.2) is 0 Å². The van der Waals surface area contributed by atoms with Crippen molar-refractivity contribution in [3.63, 3.8) is 0 Å². The van der Waals surface area contributed by atoms with E-state index in [9.17, 15) is 13.6 Å². The lowest BCUT2D eigenvalue weighted by molar-refractivity contribution is -0.0526. The van der Waals surface area contributed by atoms with Crippen LogP contribution in [-0.4, -0.2) is 26.6 Å². The van der Waals surface area contributed by atoms with Crippen LogP contribution in [0.4, 0.5) is 8.78 Å². The van der Waals surface area contributed by atoms with Crippen LogP contribution in [0.1, 0.15) is 21.5 Å². The molecule has 0 bridgehead atoms. The summed E-state index contributed by atoms with van der Waals surface area (Å²) in [4.78, 5) is 12.2. The van der Waals surface area contributed by atoms with Crippen LogP contribution in [0.2, 0.25) is 0 Å². The van der Waals surface area contributed by atoms with Crippen LogP contribution in [0.3, 0.4) is 0 Å². The van der Waals surface area contributed by atoms with Crippen molar-refractivity contribution in [1.82, 2.24) is 0 Å². The summed E-state index contributed by atoms with van der Waals surface area (Å²) in [6.07, 6.45) is 2.95. The Morgan fingerprint density at radius 2 is 1.60 bits per heavy atom. The Balaban J connectivity index is 2.29. The van der Waals surface area contributed by atoms with E-state index < -0.39 is 6.61 Å². The first-order valence-electron chi connectivity index (χ1n) is 7.44. The molecule has 0 saturated heterocycles. The van der Waals surface area contributed by atoms with E-state index in [1.54, 1.807) is 18.2 Å². The third-order valence-electron chi connectivity index (χ3n) is 3.45. The van der Waals surface area contributed by atoms with Crippen LogP contribution in [0, 0.1) is 6.92 Å². The summed E-state index contributed by atoms with van der Waals surface area (Å²) in [7, 11) is 2.66. The van der Waals surface area contributed by atoms with E-state index in [2.05, 4.69) is 4.74 Å². The van der Waals surface area contributed by atoms with Crippen LogP contribution in [0.15, 0.2) is 42.5 Å². The average molecular weight is 348 g/mol. The molecule has 6 heteroatoms. The zero-order valence-electron chi connectivity index (χ0n) is 14.1. The van der Waals surface area contributed by atoms with Gasteiger partial charge in [-0.2, -0.15) is 8.78 Å². The second-order valence-corrected chi connectivity index (χ2v) is 5.20. The number of hydrogen-bond acceptors (Lipinski definition) is 4.